The van der Waals surface area contributed by atoms with Crippen molar-refractivity contribution >= 4 is 0 Å². The summed E-state index contributed by atoms with van der Waals surface area (Å²) in [5.74, 6) is 1.78. The normalized spacial score (nSPS) is 12.3. The van der Waals surface area contributed by atoms with E-state index in [1.165, 1.54) is 5.56 Å². The van der Waals surface area contributed by atoms with E-state index in [1.807, 2.05) is 6.07 Å². The third-order valence-corrected chi connectivity index (χ3v) is 3.07. The van der Waals surface area contributed by atoms with Crippen molar-refractivity contribution in [2.24, 2.45) is 5.73 Å². The zero-order valence-corrected chi connectivity index (χ0v) is 12.4. The molecule has 0 fully saturated rings. The minimum Gasteiger partial charge on any atom is -0.496 e. The third kappa shape index (κ3) is 4.40. The number of benzene rings is 1. The van der Waals surface area contributed by atoms with Gasteiger partial charge in [0.2, 0.25) is 0 Å². The van der Waals surface area contributed by atoms with Crippen molar-refractivity contribution in [3.05, 3.63) is 23.3 Å². The van der Waals surface area contributed by atoms with E-state index in [0.717, 1.165) is 29.9 Å². The van der Waals surface area contributed by atoms with Crippen LogP contribution in [0.5, 0.6) is 11.5 Å². The molecule has 0 amide bonds. The Morgan fingerprint density at radius 1 is 1.05 bits per heavy atom. The molecule has 1 rings (SSSR count). The van der Waals surface area contributed by atoms with E-state index >= 15 is 0 Å². The number of hydrogen-bond donors (Lipinski definition) is 1. The molecule has 0 heterocycles. The number of methoxy groups -OCH3 is 3. The van der Waals surface area contributed by atoms with E-state index in [0.29, 0.717) is 13.0 Å². The van der Waals surface area contributed by atoms with Gasteiger partial charge in [0.05, 0.1) is 20.8 Å². The van der Waals surface area contributed by atoms with Crippen LogP contribution >= 0.6 is 0 Å². The zero-order chi connectivity index (χ0) is 14.3. The van der Waals surface area contributed by atoms with Crippen LogP contribution in [0, 0.1) is 0 Å². The molecule has 4 nitrogen and oxygen atoms in total. The van der Waals surface area contributed by atoms with Gasteiger partial charge in [-0.2, -0.15) is 0 Å². The highest BCUT2D eigenvalue weighted by atomic mass is 16.5. The Bertz CT molecular complexity index is 393. The average molecular weight is 267 g/mol. The van der Waals surface area contributed by atoms with Crippen LogP contribution in [0.2, 0.25) is 0 Å². The smallest absolute Gasteiger partial charge is 0.122 e. The fourth-order valence-corrected chi connectivity index (χ4v) is 2.20. The van der Waals surface area contributed by atoms with Crippen LogP contribution in [0.25, 0.3) is 0 Å². The summed E-state index contributed by atoms with van der Waals surface area (Å²) in [5.41, 5.74) is 8.24. The van der Waals surface area contributed by atoms with E-state index in [1.54, 1.807) is 21.3 Å². The molecule has 0 aliphatic carbocycles. The Labute approximate surface area is 115 Å². The first-order valence-electron chi connectivity index (χ1n) is 6.64. The number of aryl methyl sites for hydroxylation is 1. The van der Waals surface area contributed by atoms with Crippen LogP contribution in [0.3, 0.4) is 0 Å². The predicted octanol–water partition coefficient (Wildman–Crippen LogP) is 2.17. The van der Waals surface area contributed by atoms with Crippen molar-refractivity contribution in [1.29, 1.82) is 0 Å². The summed E-state index contributed by atoms with van der Waals surface area (Å²) >= 11 is 0. The molecule has 0 aliphatic heterocycles. The first-order chi connectivity index (χ1) is 9.15. The second-order valence-corrected chi connectivity index (χ2v) is 4.65. The Hall–Kier alpha value is -1.26. The van der Waals surface area contributed by atoms with Crippen molar-refractivity contribution in [2.45, 2.75) is 32.2 Å². The van der Waals surface area contributed by atoms with Crippen LogP contribution in [-0.2, 0) is 17.6 Å². The lowest BCUT2D eigenvalue weighted by atomic mass is 10.0. The largest absolute Gasteiger partial charge is 0.496 e. The lowest BCUT2D eigenvalue weighted by molar-refractivity contribution is 0.179. The molecule has 0 saturated heterocycles. The zero-order valence-electron chi connectivity index (χ0n) is 12.4. The van der Waals surface area contributed by atoms with Gasteiger partial charge in [0.15, 0.2) is 0 Å². The standard InChI is InChI=1S/C15H25NO3/c1-5-6-11-8-15(19-4)12(9-14(11)18-3)7-13(16)10-17-2/h8-9,13H,5-7,10,16H2,1-4H3/t13-/m1/s1. The van der Waals surface area contributed by atoms with E-state index < -0.39 is 0 Å². The van der Waals surface area contributed by atoms with Crippen LogP contribution < -0.4 is 15.2 Å². The molecular formula is C15H25NO3. The second-order valence-electron chi connectivity index (χ2n) is 4.65. The summed E-state index contributed by atoms with van der Waals surface area (Å²) in [6.45, 7) is 2.68. The van der Waals surface area contributed by atoms with E-state index in [4.69, 9.17) is 19.9 Å². The summed E-state index contributed by atoms with van der Waals surface area (Å²) in [5, 5.41) is 0. The Morgan fingerprint density at radius 2 is 1.63 bits per heavy atom. The van der Waals surface area contributed by atoms with Gasteiger partial charge in [-0.25, -0.2) is 0 Å². The van der Waals surface area contributed by atoms with Crippen LogP contribution in [0.4, 0.5) is 0 Å². The van der Waals surface area contributed by atoms with Crippen molar-refractivity contribution in [3.63, 3.8) is 0 Å². The van der Waals surface area contributed by atoms with Crippen molar-refractivity contribution in [2.75, 3.05) is 27.9 Å². The van der Waals surface area contributed by atoms with Gasteiger partial charge in [-0.1, -0.05) is 13.3 Å². The maximum atomic E-state index is 6.01. The van der Waals surface area contributed by atoms with Gasteiger partial charge in [0.1, 0.15) is 11.5 Å². The molecular weight excluding hydrogens is 242 g/mol. The van der Waals surface area contributed by atoms with Gasteiger partial charge >= 0.3 is 0 Å². The summed E-state index contributed by atoms with van der Waals surface area (Å²) < 4.78 is 16.0. The molecule has 0 aliphatic rings. The summed E-state index contributed by atoms with van der Waals surface area (Å²) in [4.78, 5) is 0. The molecule has 0 aromatic heterocycles. The molecule has 0 unspecified atom stereocenters. The Morgan fingerprint density at radius 3 is 2.16 bits per heavy atom. The van der Waals surface area contributed by atoms with Gasteiger partial charge in [-0.3, -0.25) is 0 Å². The average Bonchev–Trinajstić information content (AvgIpc) is 2.40. The minimum atomic E-state index is -0.0411. The van der Waals surface area contributed by atoms with Crippen molar-refractivity contribution in [1.82, 2.24) is 0 Å². The molecule has 1 aromatic carbocycles. The maximum Gasteiger partial charge on any atom is 0.122 e. The van der Waals surface area contributed by atoms with Crippen molar-refractivity contribution in [3.8, 4) is 11.5 Å². The lowest BCUT2D eigenvalue weighted by Crippen LogP contribution is -2.28. The molecule has 0 spiro atoms. The summed E-state index contributed by atoms with van der Waals surface area (Å²) in [6, 6.07) is 4.04. The van der Waals surface area contributed by atoms with Crippen LogP contribution in [0.1, 0.15) is 24.5 Å². The lowest BCUT2D eigenvalue weighted by Gasteiger charge is -2.17. The highest BCUT2D eigenvalue weighted by Crippen LogP contribution is 2.30. The monoisotopic (exact) mass is 267 g/mol. The fourth-order valence-electron chi connectivity index (χ4n) is 2.20. The van der Waals surface area contributed by atoms with Gasteiger partial charge in [-0.15, -0.1) is 0 Å². The first-order valence-corrected chi connectivity index (χ1v) is 6.64. The molecule has 2 N–H and O–H groups in total. The molecule has 0 radical (unpaired) electrons. The van der Waals surface area contributed by atoms with E-state index in [-0.39, 0.29) is 6.04 Å². The maximum absolute atomic E-state index is 6.01. The minimum absolute atomic E-state index is 0.0411. The topological polar surface area (TPSA) is 53.7 Å². The van der Waals surface area contributed by atoms with E-state index in [2.05, 4.69) is 13.0 Å². The van der Waals surface area contributed by atoms with Crippen LogP contribution in [-0.4, -0.2) is 34.0 Å². The predicted molar refractivity (Wildman–Crippen MR) is 77.1 cm³/mol. The number of nitrogens with two attached hydrogens (primary N) is 1. The molecule has 108 valence electrons. The Kier molecular flexibility index (Phi) is 6.67. The highest BCUT2D eigenvalue weighted by molar-refractivity contribution is 5.47. The summed E-state index contributed by atoms with van der Waals surface area (Å²) in [7, 11) is 5.03. The number of ether oxygens (including phenoxy) is 3. The summed E-state index contributed by atoms with van der Waals surface area (Å²) in [6.07, 6.45) is 2.76. The van der Waals surface area contributed by atoms with Crippen molar-refractivity contribution < 1.29 is 14.2 Å². The number of hydrogen-bond acceptors (Lipinski definition) is 4. The third-order valence-electron chi connectivity index (χ3n) is 3.07. The quantitative estimate of drug-likeness (QED) is 0.784. The number of rotatable bonds is 8. The SMILES string of the molecule is CCCc1cc(OC)c(C[C@@H](N)COC)cc1OC. The van der Waals surface area contributed by atoms with Crippen LogP contribution in [0.15, 0.2) is 12.1 Å². The fraction of sp³-hybridized carbons (Fsp3) is 0.600. The first kappa shape index (κ1) is 15.8. The van der Waals surface area contributed by atoms with Gasteiger partial charge in [0, 0.05) is 13.2 Å². The second kappa shape index (κ2) is 8.02. The molecule has 0 saturated carbocycles. The molecule has 1 atom stereocenters. The molecule has 1 aromatic rings. The van der Waals surface area contributed by atoms with Gasteiger partial charge in [0.25, 0.3) is 0 Å². The molecule has 19 heavy (non-hydrogen) atoms. The molecule has 0 bridgehead atoms. The van der Waals surface area contributed by atoms with Gasteiger partial charge < -0.3 is 19.9 Å². The highest BCUT2D eigenvalue weighted by Gasteiger charge is 2.13. The van der Waals surface area contributed by atoms with E-state index in [9.17, 15) is 0 Å². The Balaban J connectivity index is 3.02. The molecule has 4 heteroatoms. The van der Waals surface area contributed by atoms with Gasteiger partial charge in [-0.05, 0) is 36.1 Å².